The van der Waals surface area contributed by atoms with E-state index >= 15 is 0 Å². The molecule has 0 radical (unpaired) electrons. The van der Waals surface area contributed by atoms with Crippen LogP contribution in [0.2, 0.25) is 0 Å². The first-order valence-corrected chi connectivity index (χ1v) is 10.2. The largest absolute Gasteiger partial charge is 0.317 e. The van der Waals surface area contributed by atoms with Crippen LogP contribution in [0.3, 0.4) is 0 Å². The van der Waals surface area contributed by atoms with E-state index in [1.165, 1.54) is 75.6 Å². The fraction of sp³-hybridized carbons (Fsp3) is 0.500. The van der Waals surface area contributed by atoms with Gasteiger partial charge in [0.1, 0.15) is 0 Å². The summed E-state index contributed by atoms with van der Waals surface area (Å²) in [6.45, 7) is 6.98. The Morgan fingerprint density at radius 2 is 0.920 bits per heavy atom. The Bertz CT molecular complexity index is 445. The minimum Gasteiger partial charge on any atom is -0.317 e. The molecule has 0 saturated carbocycles. The molecule has 0 aliphatic rings. The van der Waals surface area contributed by atoms with Crippen molar-refractivity contribution in [2.75, 3.05) is 13.1 Å². The fourth-order valence-electron chi connectivity index (χ4n) is 2.74. The van der Waals surface area contributed by atoms with Gasteiger partial charge in [-0.25, -0.2) is 0 Å². The Labute approximate surface area is 155 Å². The molecule has 0 aromatic heterocycles. The molecular formula is C24H37N. The topological polar surface area (TPSA) is 12.0 Å². The van der Waals surface area contributed by atoms with E-state index in [0.29, 0.717) is 0 Å². The van der Waals surface area contributed by atoms with Gasteiger partial charge in [-0.15, -0.1) is 0 Å². The van der Waals surface area contributed by atoms with Crippen molar-refractivity contribution in [1.29, 1.82) is 0 Å². The van der Waals surface area contributed by atoms with E-state index in [-0.39, 0.29) is 0 Å². The highest BCUT2D eigenvalue weighted by atomic mass is 14.8. The van der Waals surface area contributed by atoms with Crippen LogP contribution >= 0.6 is 0 Å². The summed E-state index contributed by atoms with van der Waals surface area (Å²) in [4.78, 5) is 0. The summed E-state index contributed by atoms with van der Waals surface area (Å²) in [7, 11) is 0. The fourth-order valence-corrected chi connectivity index (χ4v) is 2.74. The highest BCUT2D eigenvalue weighted by Gasteiger charge is 1.92. The summed E-state index contributed by atoms with van der Waals surface area (Å²) in [5.41, 5.74) is 2.55. The molecule has 0 aliphatic carbocycles. The molecule has 0 unspecified atom stereocenters. The Kier molecular flexibility index (Phi) is 13.6. The predicted molar refractivity (Wildman–Crippen MR) is 113 cm³/mol. The lowest BCUT2D eigenvalue weighted by atomic mass is 10.1. The summed E-state index contributed by atoms with van der Waals surface area (Å²) in [5.74, 6) is 0. The predicted octanol–water partition coefficient (Wildman–Crippen LogP) is 7.09. The van der Waals surface area contributed by atoms with Crippen molar-refractivity contribution in [2.45, 2.75) is 65.2 Å². The van der Waals surface area contributed by atoms with Crippen LogP contribution in [0.15, 0.2) is 60.7 Å². The van der Waals surface area contributed by atoms with Gasteiger partial charge in [-0.2, -0.15) is 0 Å². The van der Waals surface area contributed by atoms with Crippen molar-refractivity contribution < 1.29 is 0 Å². The van der Waals surface area contributed by atoms with Crippen LogP contribution in [0.25, 0.3) is 11.1 Å². The lowest BCUT2D eigenvalue weighted by molar-refractivity contribution is 0.564. The van der Waals surface area contributed by atoms with Gasteiger partial charge in [0.05, 0.1) is 0 Å². The van der Waals surface area contributed by atoms with Gasteiger partial charge in [-0.3, -0.25) is 0 Å². The van der Waals surface area contributed by atoms with E-state index in [1.807, 2.05) is 12.1 Å². The van der Waals surface area contributed by atoms with Gasteiger partial charge in [0, 0.05) is 0 Å². The van der Waals surface area contributed by atoms with E-state index in [0.717, 1.165) is 0 Å². The Morgan fingerprint density at radius 3 is 1.28 bits per heavy atom. The maximum absolute atomic E-state index is 3.50. The molecule has 0 saturated heterocycles. The summed E-state index contributed by atoms with van der Waals surface area (Å²) in [6, 6.07) is 20.8. The molecule has 2 aromatic rings. The van der Waals surface area contributed by atoms with E-state index < -0.39 is 0 Å². The maximum atomic E-state index is 3.50. The van der Waals surface area contributed by atoms with Crippen LogP contribution in [0.4, 0.5) is 0 Å². The highest BCUT2D eigenvalue weighted by molar-refractivity contribution is 5.62. The van der Waals surface area contributed by atoms with Crippen molar-refractivity contribution in [3.8, 4) is 11.1 Å². The first-order chi connectivity index (χ1) is 12.4. The molecule has 0 atom stereocenters. The maximum Gasteiger partial charge on any atom is -0.00489 e. The molecule has 0 fully saturated rings. The molecule has 1 nitrogen and oxygen atoms in total. The molecule has 0 spiro atoms. The Morgan fingerprint density at radius 1 is 0.520 bits per heavy atom. The quantitative estimate of drug-likeness (QED) is 0.431. The smallest absolute Gasteiger partial charge is 0.00489 e. The van der Waals surface area contributed by atoms with Crippen LogP contribution in [-0.2, 0) is 0 Å². The van der Waals surface area contributed by atoms with Gasteiger partial charge < -0.3 is 5.32 Å². The standard InChI is InChI=1S/C12H27N.C12H10/c1-3-5-7-9-11-13-12-10-8-6-4-2;1-3-7-11(8-4-1)12-9-5-2-6-10-12/h13H,3-12H2,1-2H3;1-10H. The first-order valence-electron chi connectivity index (χ1n) is 10.2. The van der Waals surface area contributed by atoms with E-state index in [9.17, 15) is 0 Å². The molecule has 0 bridgehead atoms. The zero-order valence-corrected chi connectivity index (χ0v) is 16.3. The molecule has 1 N–H and O–H groups in total. The first kappa shape index (κ1) is 21.4. The van der Waals surface area contributed by atoms with Gasteiger partial charge in [0.25, 0.3) is 0 Å². The minimum atomic E-state index is 1.23. The van der Waals surface area contributed by atoms with Crippen molar-refractivity contribution in [3.63, 3.8) is 0 Å². The van der Waals surface area contributed by atoms with E-state index in [2.05, 4.69) is 67.7 Å². The van der Waals surface area contributed by atoms with Gasteiger partial charge in [0.15, 0.2) is 0 Å². The number of hydrogen-bond donors (Lipinski definition) is 1. The third-order valence-electron chi connectivity index (χ3n) is 4.30. The normalized spacial score (nSPS) is 10.2. The summed E-state index contributed by atoms with van der Waals surface area (Å²) >= 11 is 0. The average Bonchev–Trinajstić information content (AvgIpc) is 2.69. The second kappa shape index (κ2) is 15.9. The molecule has 25 heavy (non-hydrogen) atoms. The van der Waals surface area contributed by atoms with Crippen LogP contribution in [0, 0.1) is 0 Å². The number of benzene rings is 2. The van der Waals surface area contributed by atoms with E-state index in [4.69, 9.17) is 0 Å². The molecular weight excluding hydrogens is 302 g/mol. The second-order valence-electron chi connectivity index (χ2n) is 6.60. The van der Waals surface area contributed by atoms with Gasteiger partial charge >= 0.3 is 0 Å². The highest BCUT2D eigenvalue weighted by Crippen LogP contribution is 2.17. The number of nitrogens with one attached hydrogen (secondary N) is 1. The minimum absolute atomic E-state index is 1.23. The van der Waals surface area contributed by atoms with Crippen LogP contribution in [0.5, 0.6) is 0 Å². The molecule has 0 heterocycles. The van der Waals surface area contributed by atoms with Crippen molar-refractivity contribution >= 4 is 0 Å². The van der Waals surface area contributed by atoms with E-state index in [1.54, 1.807) is 0 Å². The second-order valence-corrected chi connectivity index (χ2v) is 6.60. The lowest BCUT2D eigenvalue weighted by Gasteiger charge is -2.03. The van der Waals surface area contributed by atoms with Crippen molar-refractivity contribution in [1.82, 2.24) is 5.32 Å². The zero-order chi connectivity index (χ0) is 18.0. The third kappa shape index (κ3) is 11.6. The Hall–Kier alpha value is -1.60. The van der Waals surface area contributed by atoms with Crippen molar-refractivity contribution in [3.05, 3.63) is 60.7 Å². The molecule has 0 amide bonds. The lowest BCUT2D eigenvalue weighted by Crippen LogP contribution is -2.16. The SMILES string of the molecule is CCCCCCNCCCCCC.c1ccc(-c2ccccc2)cc1. The summed E-state index contributed by atoms with van der Waals surface area (Å²) in [6.07, 6.45) is 11.0. The summed E-state index contributed by atoms with van der Waals surface area (Å²) in [5, 5.41) is 3.50. The average molecular weight is 340 g/mol. The third-order valence-corrected chi connectivity index (χ3v) is 4.30. The Balaban J connectivity index is 0.000000250. The zero-order valence-electron chi connectivity index (χ0n) is 16.3. The molecule has 138 valence electrons. The van der Waals surface area contributed by atoms with Crippen LogP contribution in [-0.4, -0.2) is 13.1 Å². The van der Waals surface area contributed by atoms with Crippen LogP contribution < -0.4 is 5.32 Å². The molecule has 2 aromatic carbocycles. The number of rotatable bonds is 11. The molecule has 0 aliphatic heterocycles. The molecule has 1 heteroatoms. The summed E-state index contributed by atoms with van der Waals surface area (Å²) < 4.78 is 0. The van der Waals surface area contributed by atoms with Gasteiger partial charge in [0.2, 0.25) is 0 Å². The monoisotopic (exact) mass is 339 g/mol. The number of unbranched alkanes of at least 4 members (excludes halogenated alkanes) is 6. The van der Waals surface area contributed by atoms with Gasteiger partial charge in [-0.1, -0.05) is 113 Å². The number of hydrogen-bond acceptors (Lipinski definition) is 1. The van der Waals surface area contributed by atoms with Gasteiger partial charge in [-0.05, 0) is 37.1 Å². The molecule has 2 rings (SSSR count). The van der Waals surface area contributed by atoms with Crippen LogP contribution in [0.1, 0.15) is 65.2 Å². The van der Waals surface area contributed by atoms with Crippen molar-refractivity contribution in [2.24, 2.45) is 0 Å².